The molecule has 0 bridgehead atoms. The lowest BCUT2D eigenvalue weighted by molar-refractivity contribution is 0.482. The fourth-order valence-electron chi connectivity index (χ4n) is 2.83. The summed E-state index contributed by atoms with van der Waals surface area (Å²) in [6, 6.07) is 23.7. The second-order valence-electron chi connectivity index (χ2n) is 5.04. The molecule has 3 aromatic carbocycles. The van der Waals surface area contributed by atoms with Crippen LogP contribution in [0, 0.1) is 0 Å². The average Bonchev–Trinajstić information content (AvgIpc) is 2.54. The number of para-hydroxylation sites is 1. The van der Waals surface area contributed by atoms with Crippen LogP contribution < -0.4 is 0 Å². The second-order valence-corrected chi connectivity index (χ2v) is 5.04. The van der Waals surface area contributed by atoms with Crippen molar-refractivity contribution >= 4 is 21.8 Å². The number of fused-ring (bicyclic) bond motifs is 2. The van der Waals surface area contributed by atoms with Crippen LogP contribution in [0.1, 0.15) is 0 Å². The van der Waals surface area contributed by atoms with E-state index in [0.717, 1.165) is 32.9 Å². The minimum atomic E-state index is 0.268. The molecule has 0 saturated carbocycles. The molecule has 1 heterocycles. The molecule has 4 aromatic rings. The number of nitrogens with zero attached hydrogens (tertiary/aromatic N) is 1. The Morgan fingerprint density at radius 2 is 1.38 bits per heavy atom. The first-order chi connectivity index (χ1) is 10.3. The fourth-order valence-corrected chi connectivity index (χ4v) is 2.83. The van der Waals surface area contributed by atoms with E-state index in [4.69, 9.17) is 0 Å². The van der Waals surface area contributed by atoms with Crippen molar-refractivity contribution in [3.05, 3.63) is 72.8 Å². The van der Waals surface area contributed by atoms with Crippen molar-refractivity contribution in [3.63, 3.8) is 0 Å². The van der Waals surface area contributed by atoms with Gasteiger partial charge in [0.25, 0.3) is 0 Å². The SMILES string of the molecule is Oc1cccc2nc3ccccc3c(-c3ccccc3)c12. The van der Waals surface area contributed by atoms with Gasteiger partial charge in [0.2, 0.25) is 0 Å². The highest BCUT2D eigenvalue weighted by molar-refractivity contribution is 6.11. The highest BCUT2D eigenvalue weighted by Gasteiger charge is 2.13. The maximum absolute atomic E-state index is 10.3. The van der Waals surface area contributed by atoms with E-state index in [9.17, 15) is 5.11 Å². The summed E-state index contributed by atoms with van der Waals surface area (Å²) < 4.78 is 0. The fraction of sp³-hybridized carbons (Fsp3) is 0. The molecule has 2 heteroatoms. The van der Waals surface area contributed by atoms with E-state index < -0.39 is 0 Å². The zero-order chi connectivity index (χ0) is 14.2. The van der Waals surface area contributed by atoms with Crippen LogP contribution in [-0.4, -0.2) is 10.1 Å². The van der Waals surface area contributed by atoms with Gasteiger partial charge < -0.3 is 5.11 Å². The van der Waals surface area contributed by atoms with Gasteiger partial charge in [0.1, 0.15) is 5.75 Å². The zero-order valence-electron chi connectivity index (χ0n) is 11.3. The third-order valence-electron chi connectivity index (χ3n) is 3.75. The predicted molar refractivity (Wildman–Crippen MR) is 86.3 cm³/mol. The topological polar surface area (TPSA) is 33.1 Å². The highest BCUT2D eigenvalue weighted by Crippen LogP contribution is 2.38. The van der Waals surface area contributed by atoms with Crippen LogP contribution in [0.2, 0.25) is 0 Å². The number of aromatic nitrogens is 1. The van der Waals surface area contributed by atoms with Gasteiger partial charge in [-0.15, -0.1) is 0 Å². The molecular weight excluding hydrogens is 258 g/mol. The number of benzene rings is 3. The lowest BCUT2D eigenvalue weighted by Crippen LogP contribution is -1.89. The molecule has 1 aromatic heterocycles. The Kier molecular flexibility index (Phi) is 2.61. The van der Waals surface area contributed by atoms with E-state index >= 15 is 0 Å². The molecule has 0 radical (unpaired) electrons. The van der Waals surface area contributed by atoms with Crippen molar-refractivity contribution in [2.45, 2.75) is 0 Å². The first-order valence-corrected chi connectivity index (χ1v) is 6.90. The van der Waals surface area contributed by atoms with E-state index in [0.29, 0.717) is 0 Å². The van der Waals surface area contributed by atoms with Crippen molar-refractivity contribution < 1.29 is 5.11 Å². The molecule has 0 amide bonds. The van der Waals surface area contributed by atoms with Crippen molar-refractivity contribution in [1.82, 2.24) is 4.98 Å². The molecule has 0 saturated heterocycles. The Morgan fingerprint density at radius 3 is 2.24 bits per heavy atom. The van der Waals surface area contributed by atoms with Gasteiger partial charge in [-0.2, -0.15) is 0 Å². The van der Waals surface area contributed by atoms with Gasteiger partial charge in [-0.05, 0) is 23.8 Å². The van der Waals surface area contributed by atoms with Gasteiger partial charge in [0, 0.05) is 10.9 Å². The van der Waals surface area contributed by atoms with Crippen molar-refractivity contribution in [2.75, 3.05) is 0 Å². The molecule has 0 atom stereocenters. The lowest BCUT2D eigenvalue weighted by Gasteiger charge is -2.12. The van der Waals surface area contributed by atoms with Gasteiger partial charge in [-0.3, -0.25) is 0 Å². The Labute approximate surface area is 122 Å². The summed E-state index contributed by atoms with van der Waals surface area (Å²) in [5.41, 5.74) is 3.87. The molecule has 0 aliphatic heterocycles. The Hall–Kier alpha value is -2.87. The molecule has 0 aliphatic carbocycles. The maximum Gasteiger partial charge on any atom is 0.125 e. The number of phenolic OH excluding ortho intramolecular Hbond substituents is 1. The summed E-state index contributed by atoms with van der Waals surface area (Å²) in [6.45, 7) is 0. The first-order valence-electron chi connectivity index (χ1n) is 6.90. The number of aromatic hydroxyl groups is 1. The molecule has 0 aliphatic rings. The number of hydrogen-bond acceptors (Lipinski definition) is 2. The molecule has 100 valence electrons. The minimum absolute atomic E-state index is 0.268. The summed E-state index contributed by atoms with van der Waals surface area (Å²) in [5, 5.41) is 12.2. The summed E-state index contributed by atoms with van der Waals surface area (Å²) in [4.78, 5) is 4.66. The normalized spacial score (nSPS) is 11.0. The Bertz CT molecular complexity index is 945. The highest BCUT2D eigenvalue weighted by atomic mass is 16.3. The molecule has 0 unspecified atom stereocenters. The lowest BCUT2D eigenvalue weighted by atomic mass is 9.96. The van der Waals surface area contributed by atoms with Gasteiger partial charge >= 0.3 is 0 Å². The summed E-state index contributed by atoms with van der Waals surface area (Å²) in [6.07, 6.45) is 0. The summed E-state index contributed by atoms with van der Waals surface area (Å²) >= 11 is 0. The standard InChI is InChI=1S/C19H13NO/c21-17-12-6-11-16-19(17)18(13-7-2-1-3-8-13)14-9-4-5-10-15(14)20-16/h1-12,21H. The van der Waals surface area contributed by atoms with Crippen LogP contribution in [-0.2, 0) is 0 Å². The maximum atomic E-state index is 10.3. The molecule has 21 heavy (non-hydrogen) atoms. The summed E-state index contributed by atoms with van der Waals surface area (Å²) in [5.74, 6) is 0.268. The molecule has 1 N–H and O–H groups in total. The van der Waals surface area contributed by atoms with Crippen molar-refractivity contribution in [3.8, 4) is 16.9 Å². The smallest absolute Gasteiger partial charge is 0.125 e. The third kappa shape index (κ3) is 1.84. The predicted octanol–water partition coefficient (Wildman–Crippen LogP) is 4.76. The number of pyridine rings is 1. The number of rotatable bonds is 1. The van der Waals surface area contributed by atoms with E-state index in [1.165, 1.54) is 0 Å². The second kappa shape index (κ2) is 4.60. The van der Waals surface area contributed by atoms with Crippen LogP contribution >= 0.6 is 0 Å². The van der Waals surface area contributed by atoms with E-state index in [1.807, 2.05) is 48.5 Å². The monoisotopic (exact) mass is 271 g/mol. The van der Waals surface area contributed by atoms with Gasteiger partial charge in [-0.1, -0.05) is 54.6 Å². The van der Waals surface area contributed by atoms with Crippen LogP contribution in [0.15, 0.2) is 72.8 Å². The van der Waals surface area contributed by atoms with Crippen molar-refractivity contribution in [1.29, 1.82) is 0 Å². The zero-order valence-corrected chi connectivity index (χ0v) is 11.3. The molecule has 0 spiro atoms. The average molecular weight is 271 g/mol. The number of hydrogen-bond donors (Lipinski definition) is 1. The number of phenols is 1. The molecule has 4 rings (SSSR count). The quantitative estimate of drug-likeness (QED) is 0.506. The first kappa shape index (κ1) is 11.9. The van der Waals surface area contributed by atoms with Crippen LogP contribution in [0.4, 0.5) is 0 Å². The molecular formula is C19H13NO. The Morgan fingerprint density at radius 1 is 0.667 bits per heavy atom. The van der Waals surface area contributed by atoms with E-state index in [2.05, 4.69) is 23.2 Å². The van der Waals surface area contributed by atoms with Crippen LogP contribution in [0.5, 0.6) is 5.75 Å². The summed E-state index contributed by atoms with van der Waals surface area (Å²) in [7, 11) is 0. The molecule has 0 fully saturated rings. The van der Waals surface area contributed by atoms with E-state index in [-0.39, 0.29) is 5.75 Å². The third-order valence-corrected chi connectivity index (χ3v) is 3.75. The van der Waals surface area contributed by atoms with Gasteiger partial charge in [-0.25, -0.2) is 4.98 Å². The van der Waals surface area contributed by atoms with E-state index in [1.54, 1.807) is 6.07 Å². The van der Waals surface area contributed by atoms with Crippen LogP contribution in [0.25, 0.3) is 32.9 Å². The van der Waals surface area contributed by atoms with Crippen molar-refractivity contribution in [2.24, 2.45) is 0 Å². The minimum Gasteiger partial charge on any atom is -0.507 e. The van der Waals surface area contributed by atoms with Crippen LogP contribution in [0.3, 0.4) is 0 Å². The van der Waals surface area contributed by atoms with Gasteiger partial charge in [0.05, 0.1) is 16.4 Å². The molecule has 2 nitrogen and oxygen atoms in total. The Balaban J connectivity index is 2.27. The van der Waals surface area contributed by atoms with Gasteiger partial charge in [0.15, 0.2) is 0 Å². The largest absolute Gasteiger partial charge is 0.507 e.